The van der Waals surface area contributed by atoms with E-state index in [4.69, 9.17) is 9.47 Å². The molecule has 0 spiro atoms. The average molecular weight is 341 g/mol. The maximum absolute atomic E-state index is 12.3. The Balaban J connectivity index is 1.99. The van der Waals surface area contributed by atoms with E-state index in [0.29, 0.717) is 6.42 Å². The maximum atomic E-state index is 12.3. The van der Waals surface area contributed by atoms with Gasteiger partial charge in [-0.05, 0) is 62.1 Å². The van der Waals surface area contributed by atoms with Gasteiger partial charge in [0.25, 0.3) is 0 Å². The maximum Gasteiger partial charge on any atom is 0.220 e. The lowest BCUT2D eigenvalue weighted by Crippen LogP contribution is -2.27. The van der Waals surface area contributed by atoms with Gasteiger partial charge in [-0.3, -0.25) is 4.79 Å². The van der Waals surface area contributed by atoms with Gasteiger partial charge >= 0.3 is 0 Å². The SMILES string of the molecule is COc1ccc(OC)c([C@@H](C)NC(=O)CCc2ccc(C)c(C)c2)c1. The number of benzene rings is 2. The monoisotopic (exact) mass is 341 g/mol. The van der Waals surface area contributed by atoms with Gasteiger partial charge in [0, 0.05) is 12.0 Å². The molecule has 4 heteroatoms. The van der Waals surface area contributed by atoms with Crippen LogP contribution in [0.1, 0.15) is 41.6 Å². The van der Waals surface area contributed by atoms with Gasteiger partial charge in [-0.15, -0.1) is 0 Å². The molecule has 0 aromatic heterocycles. The smallest absolute Gasteiger partial charge is 0.220 e. The molecule has 0 aliphatic carbocycles. The number of nitrogens with one attached hydrogen (secondary N) is 1. The highest BCUT2D eigenvalue weighted by Gasteiger charge is 2.15. The van der Waals surface area contributed by atoms with Gasteiger partial charge in [-0.25, -0.2) is 0 Å². The van der Waals surface area contributed by atoms with Gasteiger partial charge in [0.1, 0.15) is 11.5 Å². The zero-order valence-electron chi connectivity index (χ0n) is 15.7. The molecule has 0 fully saturated rings. The van der Waals surface area contributed by atoms with E-state index in [2.05, 4.69) is 37.4 Å². The second-order valence-corrected chi connectivity index (χ2v) is 6.32. The summed E-state index contributed by atoms with van der Waals surface area (Å²) in [6.07, 6.45) is 1.19. The fourth-order valence-electron chi connectivity index (χ4n) is 2.79. The molecule has 0 radical (unpaired) electrons. The van der Waals surface area contributed by atoms with E-state index in [1.807, 2.05) is 25.1 Å². The number of rotatable bonds is 7. The summed E-state index contributed by atoms with van der Waals surface area (Å²) < 4.78 is 10.7. The molecule has 0 bridgehead atoms. The summed E-state index contributed by atoms with van der Waals surface area (Å²) in [5.41, 5.74) is 4.62. The number of carbonyl (C=O) groups is 1. The zero-order chi connectivity index (χ0) is 18.4. The number of hydrogen-bond donors (Lipinski definition) is 1. The van der Waals surface area contributed by atoms with Crippen molar-refractivity contribution < 1.29 is 14.3 Å². The Bertz CT molecular complexity index is 740. The van der Waals surface area contributed by atoms with Crippen LogP contribution in [-0.2, 0) is 11.2 Å². The Morgan fingerprint density at radius 2 is 1.80 bits per heavy atom. The lowest BCUT2D eigenvalue weighted by Gasteiger charge is -2.18. The molecular formula is C21H27NO3. The summed E-state index contributed by atoms with van der Waals surface area (Å²) in [5, 5.41) is 3.04. The van der Waals surface area contributed by atoms with Gasteiger partial charge < -0.3 is 14.8 Å². The summed E-state index contributed by atoms with van der Waals surface area (Å²) in [6, 6.07) is 11.8. The van der Waals surface area contributed by atoms with Crippen molar-refractivity contribution in [3.63, 3.8) is 0 Å². The molecular weight excluding hydrogens is 314 g/mol. The highest BCUT2D eigenvalue weighted by atomic mass is 16.5. The fourth-order valence-corrected chi connectivity index (χ4v) is 2.79. The van der Waals surface area contributed by atoms with Crippen molar-refractivity contribution in [1.29, 1.82) is 0 Å². The molecule has 134 valence electrons. The largest absolute Gasteiger partial charge is 0.497 e. The van der Waals surface area contributed by atoms with E-state index in [0.717, 1.165) is 23.5 Å². The van der Waals surface area contributed by atoms with Gasteiger partial charge in [-0.2, -0.15) is 0 Å². The number of carbonyl (C=O) groups excluding carboxylic acids is 1. The standard InChI is InChI=1S/C21H27NO3/c1-14-6-7-17(12-15(14)2)8-11-21(23)22-16(3)19-13-18(24-4)9-10-20(19)25-5/h6-7,9-10,12-13,16H,8,11H2,1-5H3,(H,22,23)/t16-/m1/s1. The van der Waals surface area contributed by atoms with Crippen LogP contribution in [0.4, 0.5) is 0 Å². The van der Waals surface area contributed by atoms with Crippen molar-refractivity contribution in [2.45, 2.75) is 39.7 Å². The van der Waals surface area contributed by atoms with Crippen molar-refractivity contribution in [2.24, 2.45) is 0 Å². The highest BCUT2D eigenvalue weighted by Crippen LogP contribution is 2.29. The molecule has 2 rings (SSSR count). The lowest BCUT2D eigenvalue weighted by molar-refractivity contribution is -0.121. The van der Waals surface area contributed by atoms with Crippen LogP contribution in [0, 0.1) is 13.8 Å². The molecule has 0 unspecified atom stereocenters. The third-order valence-corrected chi connectivity index (χ3v) is 4.49. The molecule has 0 heterocycles. The van der Waals surface area contributed by atoms with Crippen molar-refractivity contribution >= 4 is 5.91 Å². The van der Waals surface area contributed by atoms with Crippen LogP contribution in [0.15, 0.2) is 36.4 Å². The van der Waals surface area contributed by atoms with Crippen molar-refractivity contribution in [3.8, 4) is 11.5 Å². The zero-order valence-corrected chi connectivity index (χ0v) is 15.7. The van der Waals surface area contributed by atoms with Gasteiger partial charge in [0.05, 0.1) is 20.3 Å². The quantitative estimate of drug-likeness (QED) is 0.824. The third kappa shape index (κ3) is 4.99. The minimum Gasteiger partial charge on any atom is -0.497 e. The molecule has 1 amide bonds. The second-order valence-electron chi connectivity index (χ2n) is 6.32. The first kappa shape index (κ1) is 18.8. The number of methoxy groups -OCH3 is 2. The first-order valence-corrected chi connectivity index (χ1v) is 8.52. The van der Waals surface area contributed by atoms with Crippen LogP contribution in [0.5, 0.6) is 11.5 Å². The summed E-state index contributed by atoms with van der Waals surface area (Å²) in [6.45, 7) is 6.14. The number of ether oxygens (including phenoxy) is 2. The molecule has 25 heavy (non-hydrogen) atoms. The summed E-state index contributed by atoms with van der Waals surface area (Å²) in [5.74, 6) is 1.50. The normalized spacial score (nSPS) is 11.7. The number of hydrogen-bond acceptors (Lipinski definition) is 3. The Morgan fingerprint density at radius 1 is 1.04 bits per heavy atom. The third-order valence-electron chi connectivity index (χ3n) is 4.49. The average Bonchev–Trinajstić information content (AvgIpc) is 2.62. The molecule has 4 nitrogen and oxygen atoms in total. The van der Waals surface area contributed by atoms with Gasteiger partial charge in [0.2, 0.25) is 5.91 Å². The topological polar surface area (TPSA) is 47.6 Å². The molecule has 0 saturated heterocycles. The van der Waals surface area contributed by atoms with Crippen LogP contribution in [-0.4, -0.2) is 20.1 Å². The molecule has 1 N–H and O–H groups in total. The number of amides is 1. The van der Waals surface area contributed by atoms with E-state index < -0.39 is 0 Å². The molecule has 0 saturated carbocycles. The fraction of sp³-hybridized carbons (Fsp3) is 0.381. The van der Waals surface area contributed by atoms with Crippen molar-refractivity contribution in [2.75, 3.05) is 14.2 Å². The molecule has 0 aliphatic heterocycles. The van der Waals surface area contributed by atoms with E-state index in [9.17, 15) is 4.79 Å². The Labute approximate surface area is 150 Å². The minimum absolute atomic E-state index is 0.0237. The molecule has 2 aromatic rings. The van der Waals surface area contributed by atoms with Crippen LogP contribution >= 0.6 is 0 Å². The summed E-state index contributed by atoms with van der Waals surface area (Å²) >= 11 is 0. The van der Waals surface area contributed by atoms with Gasteiger partial charge in [-0.1, -0.05) is 18.2 Å². The predicted molar refractivity (Wildman–Crippen MR) is 100 cm³/mol. The molecule has 0 aliphatic rings. The van der Waals surface area contributed by atoms with E-state index in [-0.39, 0.29) is 11.9 Å². The Kier molecular flexibility index (Phi) is 6.45. The molecule has 1 atom stereocenters. The lowest BCUT2D eigenvalue weighted by atomic mass is 10.0. The predicted octanol–water partition coefficient (Wildman–Crippen LogP) is 4.13. The van der Waals surface area contributed by atoms with Crippen molar-refractivity contribution in [1.82, 2.24) is 5.32 Å². The van der Waals surface area contributed by atoms with Crippen LogP contribution < -0.4 is 14.8 Å². The van der Waals surface area contributed by atoms with E-state index in [1.54, 1.807) is 14.2 Å². The van der Waals surface area contributed by atoms with E-state index in [1.165, 1.54) is 16.7 Å². The second kappa shape index (κ2) is 8.56. The summed E-state index contributed by atoms with van der Waals surface area (Å²) in [4.78, 5) is 12.3. The van der Waals surface area contributed by atoms with E-state index >= 15 is 0 Å². The summed E-state index contributed by atoms with van der Waals surface area (Å²) in [7, 11) is 3.25. The van der Waals surface area contributed by atoms with Crippen LogP contribution in [0.2, 0.25) is 0 Å². The Morgan fingerprint density at radius 3 is 2.44 bits per heavy atom. The Hall–Kier alpha value is -2.49. The highest BCUT2D eigenvalue weighted by molar-refractivity contribution is 5.76. The van der Waals surface area contributed by atoms with Crippen LogP contribution in [0.3, 0.4) is 0 Å². The first-order chi connectivity index (χ1) is 11.9. The minimum atomic E-state index is -0.155. The van der Waals surface area contributed by atoms with Gasteiger partial charge in [0.15, 0.2) is 0 Å². The molecule has 2 aromatic carbocycles. The first-order valence-electron chi connectivity index (χ1n) is 8.52. The van der Waals surface area contributed by atoms with Crippen LogP contribution in [0.25, 0.3) is 0 Å². The van der Waals surface area contributed by atoms with Crippen molar-refractivity contribution in [3.05, 3.63) is 58.7 Å². The number of aryl methyl sites for hydroxylation is 3.